The Bertz CT molecular complexity index is 2820. The molecule has 56 heavy (non-hydrogen) atoms. The fraction of sp³-hybridized carbons (Fsp3) is 0.0370. The van der Waals surface area contributed by atoms with Crippen LogP contribution in [0.3, 0.4) is 0 Å². The quantitative estimate of drug-likeness (QED) is 0.144. The van der Waals surface area contributed by atoms with E-state index < -0.39 is 0 Å². The van der Waals surface area contributed by atoms with Gasteiger partial charge in [-0.15, -0.1) is 0 Å². The molecule has 0 spiro atoms. The van der Waals surface area contributed by atoms with Gasteiger partial charge in [-0.2, -0.15) is 0 Å². The second kappa shape index (κ2) is 14.6. The lowest BCUT2D eigenvalue weighted by molar-refractivity contribution is 1.06. The second-order valence-corrected chi connectivity index (χ2v) is 14.4. The van der Waals surface area contributed by atoms with E-state index in [1.54, 1.807) is 0 Å². The van der Waals surface area contributed by atoms with Gasteiger partial charge in [-0.3, -0.25) is 0 Å². The molecule has 0 saturated carbocycles. The second-order valence-electron chi connectivity index (χ2n) is 14.4. The van der Waals surface area contributed by atoms with Crippen molar-refractivity contribution in [1.82, 2.24) is 0 Å². The maximum absolute atomic E-state index is 2.43. The van der Waals surface area contributed by atoms with E-state index >= 15 is 0 Å². The summed E-state index contributed by atoms with van der Waals surface area (Å²) in [5, 5.41) is 7.47. The van der Waals surface area contributed by atoms with Crippen molar-refractivity contribution in [2.45, 2.75) is 12.8 Å². The average Bonchev–Trinajstić information content (AvgIpc) is 3.27. The summed E-state index contributed by atoms with van der Waals surface area (Å²) in [6, 6.07) is 72.7. The molecule has 0 bridgehead atoms. The summed E-state index contributed by atoms with van der Waals surface area (Å²) in [5.74, 6) is 0. The summed E-state index contributed by atoms with van der Waals surface area (Å²) < 4.78 is 0. The van der Waals surface area contributed by atoms with Gasteiger partial charge in [0.2, 0.25) is 0 Å². The van der Waals surface area contributed by atoms with E-state index in [1.807, 2.05) is 0 Å². The van der Waals surface area contributed by atoms with Crippen LogP contribution in [0, 0.1) is 0 Å². The van der Waals surface area contributed by atoms with Gasteiger partial charge >= 0.3 is 0 Å². The number of benzene rings is 9. The van der Waals surface area contributed by atoms with Crippen LogP contribution in [0.15, 0.2) is 218 Å². The van der Waals surface area contributed by atoms with Crippen molar-refractivity contribution >= 4 is 72.0 Å². The molecule has 0 aliphatic heterocycles. The molecular formula is C54H40N2. The first kappa shape index (κ1) is 33.4. The summed E-state index contributed by atoms with van der Waals surface area (Å²) in [4.78, 5) is 4.75. The molecule has 0 saturated heterocycles. The number of para-hydroxylation sites is 4. The predicted molar refractivity (Wildman–Crippen MR) is 240 cm³/mol. The Labute approximate surface area is 328 Å². The molecule has 1 aliphatic rings. The molecule has 0 atom stereocenters. The molecule has 0 aromatic heterocycles. The lowest BCUT2D eigenvalue weighted by Crippen LogP contribution is -2.10. The standard InChI is InChI=1S/C54H40N2/c1-6-19-40(20-7-1)53-49-34-32-48(56(45-26-12-4-13-27-45)46-28-14-5-15-29-46)38-52(49)54(42-31-30-39-18-16-17-21-41(39)36-42)50-35-33-47(37-51(50)53)55(43-22-8-2-9-23-43)44-24-10-3-11-25-44/h1-6,8-19,21-38H,7,20H2. The largest absolute Gasteiger partial charge is 0.310 e. The van der Waals surface area contributed by atoms with Crippen molar-refractivity contribution in [3.05, 3.63) is 224 Å². The molecule has 0 fully saturated rings. The lowest BCUT2D eigenvalue weighted by atomic mass is 9.83. The van der Waals surface area contributed by atoms with E-state index in [1.165, 1.54) is 54.6 Å². The van der Waals surface area contributed by atoms with Crippen molar-refractivity contribution in [2.75, 3.05) is 9.80 Å². The summed E-state index contributed by atoms with van der Waals surface area (Å²) in [6.45, 7) is 0. The fourth-order valence-electron chi connectivity index (χ4n) is 8.50. The Balaban J connectivity index is 1.31. The van der Waals surface area contributed by atoms with Crippen LogP contribution < -0.4 is 9.80 Å². The van der Waals surface area contributed by atoms with Crippen molar-refractivity contribution in [3.63, 3.8) is 0 Å². The zero-order chi connectivity index (χ0) is 37.3. The van der Waals surface area contributed by atoms with Crippen LogP contribution in [0.1, 0.15) is 18.4 Å². The van der Waals surface area contributed by atoms with Crippen LogP contribution in [0.2, 0.25) is 0 Å². The first-order chi connectivity index (χ1) is 27.8. The number of nitrogens with zero attached hydrogens (tertiary/aromatic N) is 2. The monoisotopic (exact) mass is 716 g/mol. The molecule has 10 rings (SSSR count). The molecule has 0 unspecified atom stereocenters. The molecule has 0 N–H and O–H groups in total. The zero-order valence-electron chi connectivity index (χ0n) is 31.1. The van der Waals surface area contributed by atoms with Crippen molar-refractivity contribution in [1.29, 1.82) is 0 Å². The van der Waals surface area contributed by atoms with Gasteiger partial charge in [-0.25, -0.2) is 0 Å². The van der Waals surface area contributed by atoms with Crippen LogP contribution in [0.25, 0.3) is 49.0 Å². The number of hydrogen-bond acceptors (Lipinski definition) is 2. The minimum Gasteiger partial charge on any atom is -0.310 e. The minimum absolute atomic E-state index is 0.989. The van der Waals surface area contributed by atoms with Gasteiger partial charge in [0.15, 0.2) is 0 Å². The molecule has 1 aliphatic carbocycles. The van der Waals surface area contributed by atoms with Gasteiger partial charge in [-0.05, 0) is 146 Å². The summed E-state index contributed by atoms with van der Waals surface area (Å²) in [5.41, 5.74) is 11.9. The maximum atomic E-state index is 2.43. The Morgan fingerprint density at radius 3 is 1.30 bits per heavy atom. The van der Waals surface area contributed by atoms with Gasteiger partial charge in [0.05, 0.1) is 0 Å². The van der Waals surface area contributed by atoms with Crippen LogP contribution in [-0.4, -0.2) is 0 Å². The van der Waals surface area contributed by atoms with Gasteiger partial charge in [0.25, 0.3) is 0 Å². The number of rotatable bonds is 8. The molecule has 266 valence electrons. The van der Waals surface area contributed by atoms with E-state index in [-0.39, 0.29) is 0 Å². The summed E-state index contributed by atoms with van der Waals surface area (Å²) >= 11 is 0. The van der Waals surface area contributed by atoms with Crippen molar-refractivity contribution in [3.8, 4) is 11.1 Å². The zero-order valence-corrected chi connectivity index (χ0v) is 31.1. The number of fused-ring (bicyclic) bond motifs is 3. The third kappa shape index (κ3) is 6.12. The van der Waals surface area contributed by atoms with Crippen LogP contribution in [0.5, 0.6) is 0 Å². The lowest BCUT2D eigenvalue weighted by Gasteiger charge is -2.28. The highest BCUT2D eigenvalue weighted by molar-refractivity contribution is 6.20. The minimum atomic E-state index is 0.989. The first-order valence-electron chi connectivity index (χ1n) is 19.5. The molecular weight excluding hydrogens is 677 g/mol. The third-order valence-electron chi connectivity index (χ3n) is 11.0. The Hall–Kier alpha value is -7.16. The van der Waals surface area contributed by atoms with E-state index in [4.69, 9.17) is 0 Å². The van der Waals surface area contributed by atoms with E-state index in [9.17, 15) is 0 Å². The van der Waals surface area contributed by atoms with Crippen LogP contribution >= 0.6 is 0 Å². The predicted octanol–water partition coefficient (Wildman–Crippen LogP) is 15.5. The first-order valence-corrected chi connectivity index (χ1v) is 19.5. The fourth-order valence-corrected chi connectivity index (χ4v) is 8.50. The SMILES string of the molecule is C1=CCCC(c2c3cc(N(c4ccccc4)c4ccccc4)ccc3c(-c3ccc4ccccc4c3)c3cc(N(c4ccccc4)c4ccccc4)ccc23)=C1. The van der Waals surface area contributed by atoms with Gasteiger partial charge in [-0.1, -0.05) is 140 Å². The van der Waals surface area contributed by atoms with Gasteiger partial charge < -0.3 is 9.80 Å². The van der Waals surface area contributed by atoms with Crippen molar-refractivity contribution < 1.29 is 0 Å². The number of anilines is 6. The number of allylic oxidation sites excluding steroid dienone is 4. The molecule has 0 radical (unpaired) electrons. The summed E-state index contributed by atoms with van der Waals surface area (Å²) in [6.07, 6.45) is 8.86. The summed E-state index contributed by atoms with van der Waals surface area (Å²) in [7, 11) is 0. The molecule has 0 amide bonds. The highest BCUT2D eigenvalue weighted by Crippen LogP contribution is 2.48. The normalized spacial score (nSPS) is 12.5. The highest BCUT2D eigenvalue weighted by atomic mass is 15.1. The van der Waals surface area contributed by atoms with Crippen LogP contribution in [0.4, 0.5) is 34.1 Å². The van der Waals surface area contributed by atoms with E-state index in [0.717, 1.165) is 47.0 Å². The van der Waals surface area contributed by atoms with Gasteiger partial charge in [0, 0.05) is 34.1 Å². The molecule has 9 aromatic rings. The van der Waals surface area contributed by atoms with Crippen LogP contribution in [-0.2, 0) is 0 Å². The Kier molecular flexibility index (Phi) is 8.70. The maximum Gasteiger partial charge on any atom is 0.0468 e. The number of hydrogen-bond donors (Lipinski definition) is 0. The van der Waals surface area contributed by atoms with E-state index in [2.05, 4.69) is 228 Å². The van der Waals surface area contributed by atoms with E-state index in [0.29, 0.717) is 0 Å². The third-order valence-corrected chi connectivity index (χ3v) is 11.0. The highest BCUT2D eigenvalue weighted by Gasteiger charge is 2.23. The molecule has 2 nitrogen and oxygen atoms in total. The smallest absolute Gasteiger partial charge is 0.0468 e. The van der Waals surface area contributed by atoms with Crippen molar-refractivity contribution in [2.24, 2.45) is 0 Å². The van der Waals surface area contributed by atoms with Gasteiger partial charge in [0.1, 0.15) is 0 Å². The topological polar surface area (TPSA) is 6.48 Å². The molecule has 0 heterocycles. The molecule has 2 heteroatoms. The average molecular weight is 717 g/mol. The Morgan fingerprint density at radius 2 is 0.804 bits per heavy atom. The Morgan fingerprint density at radius 1 is 0.339 bits per heavy atom. The molecule has 9 aromatic carbocycles.